The van der Waals surface area contributed by atoms with E-state index in [4.69, 9.17) is 4.74 Å². The minimum absolute atomic E-state index is 0.0959. The van der Waals surface area contributed by atoms with E-state index in [9.17, 15) is 4.79 Å². The van der Waals surface area contributed by atoms with Gasteiger partial charge in [-0.1, -0.05) is 13.0 Å². The van der Waals surface area contributed by atoms with Crippen molar-refractivity contribution in [1.82, 2.24) is 10.2 Å². The van der Waals surface area contributed by atoms with Crippen LogP contribution in [-0.4, -0.2) is 37.2 Å². The predicted octanol–water partition coefficient (Wildman–Crippen LogP) is 3.41. The molecule has 3 rings (SSSR count). The van der Waals surface area contributed by atoms with Gasteiger partial charge in [-0.05, 0) is 42.5 Å². The van der Waals surface area contributed by atoms with Gasteiger partial charge in [-0.3, -0.25) is 0 Å². The van der Waals surface area contributed by atoms with Crippen molar-refractivity contribution in [3.8, 4) is 0 Å². The van der Waals surface area contributed by atoms with Crippen molar-refractivity contribution >= 4 is 17.4 Å². The molecule has 3 heterocycles. The Kier molecular flexibility index (Phi) is 4.50. The number of thiophene rings is 1. The lowest BCUT2D eigenvalue weighted by Crippen LogP contribution is -2.42. The van der Waals surface area contributed by atoms with Gasteiger partial charge >= 0.3 is 6.03 Å². The molecule has 2 amide bonds. The highest BCUT2D eigenvalue weighted by Crippen LogP contribution is 2.39. The SMILES string of the molecule is CC[C@H](NC(=O)N1CCC2(CCOCC2)C1)c1cccs1. The molecule has 0 saturated carbocycles. The second-order valence-corrected chi connectivity index (χ2v) is 7.19. The topological polar surface area (TPSA) is 41.6 Å². The number of carbonyl (C=O) groups is 1. The summed E-state index contributed by atoms with van der Waals surface area (Å²) in [5, 5.41) is 5.27. The van der Waals surface area contributed by atoms with E-state index in [1.807, 2.05) is 11.0 Å². The van der Waals surface area contributed by atoms with Crippen molar-refractivity contribution in [3.63, 3.8) is 0 Å². The standard InChI is InChI=1S/C16H24N2O2S/c1-2-13(14-4-3-11-21-14)17-15(19)18-8-5-16(12-18)6-9-20-10-7-16/h3-4,11,13H,2,5-10,12H2,1H3,(H,17,19)/t13-/m0/s1. The summed E-state index contributed by atoms with van der Waals surface area (Å²) in [6.07, 6.45) is 4.25. The summed E-state index contributed by atoms with van der Waals surface area (Å²) in [7, 11) is 0. The highest BCUT2D eigenvalue weighted by Gasteiger charge is 2.41. The van der Waals surface area contributed by atoms with E-state index in [-0.39, 0.29) is 12.1 Å². The van der Waals surface area contributed by atoms with Crippen LogP contribution in [0.5, 0.6) is 0 Å². The van der Waals surface area contributed by atoms with Crippen LogP contribution in [0.2, 0.25) is 0 Å². The Hall–Kier alpha value is -1.07. The van der Waals surface area contributed by atoms with Crippen molar-refractivity contribution in [3.05, 3.63) is 22.4 Å². The predicted molar refractivity (Wildman–Crippen MR) is 84.6 cm³/mol. The van der Waals surface area contributed by atoms with Gasteiger partial charge in [0.05, 0.1) is 6.04 Å². The summed E-state index contributed by atoms with van der Waals surface area (Å²) in [5.74, 6) is 0. The second-order valence-electron chi connectivity index (χ2n) is 6.21. The molecule has 2 aliphatic heterocycles. The number of likely N-dealkylation sites (tertiary alicyclic amines) is 1. The maximum atomic E-state index is 12.5. The molecule has 1 aromatic rings. The van der Waals surface area contributed by atoms with Crippen LogP contribution in [0, 0.1) is 5.41 Å². The molecule has 0 radical (unpaired) electrons. The summed E-state index contributed by atoms with van der Waals surface area (Å²) in [6.45, 7) is 5.59. The highest BCUT2D eigenvalue weighted by atomic mass is 32.1. The van der Waals surface area contributed by atoms with Gasteiger partial charge in [0.25, 0.3) is 0 Å². The number of hydrogen-bond acceptors (Lipinski definition) is 3. The Morgan fingerprint density at radius 2 is 2.29 bits per heavy atom. The lowest BCUT2D eigenvalue weighted by Gasteiger charge is -2.33. The van der Waals surface area contributed by atoms with Gasteiger partial charge in [0.15, 0.2) is 0 Å². The first-order valence-corrected chi connectivity index (χ1v) is 8.77. The van der Waals surface area contributed by atoms with Crippen molar-refractivity contribution in [2.45, 2.75) is 38.6 Å². The van der Waals surface area contributed by atoms with Crippen molar-refractivity contribution in [1.29, 1.82) is 0 Å². The van der Waals surface area contributed by atoms with Crippen LogP contribution >= 0.6 is 11.3 Å². The average Bonchev–Trinajstić information content (AvgIpc) is 3.16. The zero-order valence-corrected chi connectivity index (χ0v) is 13.5. The Balaban J connectivity index is 1.58. The minimum atomic E-state index is 0.0959. The molecule has 1 N–H and O–H groups in total. The molecule has 2 aliphatic rings. The van der Waals surface area contributed by atoms with E-state index < -0.39 is 0 Å². The van der Waals surface area contributed by atoms with Gasteiger partial charge in [-0.2, -0.15) is 0 Å². The molecular weight excluding hydrogens is 284 g/mol. The molecule has 1 atom stereocenters. The third-order valence-electron chi connectivity index (χ3n) is 4.87. The van der Waals surface area contributed by atoms with E-state index >= 15 is 0 Å². The van der Waals surface area contributed by atoms with E-state index in [1.165, 1.54) is 4.88 Å². The molecule has 4 nitrogen and oxygen atoms in total. The summed E-state index contributed by atoms with van der Waals surface area (Å²) in [6, 6.07) is 4.38. The van der Waals surface area contributed by atoms with Crippen LogP contribution in [0.25, 0.3) is 0 Å². The molecule has 116 valence electrons. The number of nitrogens with zero attached hydrogens (tertiary/aromatic N) is 1. The van der Waals surface area contributed by atoms with Gasteiger partial charge in [0.2, 0.25) is 0 Å². The molecule has 0 bridgehead atoms. The van der Waals surface area contributed by atoms with E-state index in [0.717, 1.165) is 52.0 Å². The molecular formula is C16H24N2O2S. The fraction of sp³-hybridized carbons (Fsp3) is 0.688. The van der Waals surface area contributed by atoms with E-state index in [2.05, 4.69) is 23.7 Å². The molecule has 0 aromatic carbocycles. The number of carbonyl (C=O) groups excluding carboxylic acids is 1. The molecule has 0 unspecified atom stereocenters. The summed E-state index contributed by atoms with van der Waals surface area (Å²) in [5.41, 5.74) is 0.320. The second kappa shape index (κ2) is 6.36. The number of amides is 2. The Morgan fingerprint density at radius 1 is 1.48 bits per heavy atom. The van der Waals surface area contributed by atoms with Gasteiger partial charge < -0.3 is 15.0 Å². The fourth-order valence-electron chi connectivity index (χ4n) is 3.43. The maximum absolute atomic E-state index is 12.5. The molecule has 2 fully saturated rings. The number of ether oxygens (including phenoxy) is 1. The third-order valence-corrected chi connectivity index (χ3v) is 5.86. The van der Waals surface area contributed by atoms with Crippen LogP contribution in [0.15, 0.2) is 17.5 Å². The molecule has 0 aliphatic carbocycles. The number of rotatable bonds is 3. The molecule has 1 spiro atoms. The smallest absolute Gasteiger partial charge is 0.317 e. The number of urea groups is 1. The van der Waals surface area contributed by atoms with Crippen LogP contribution in [0.3, 0.4) is 0 Å². The van der Waals surface area contributed by atoms with Gasteiger partial charge in [-0.25, -0.2) is 4.79 Å². The van der Waals surface area contributed by atoms with E-state index in [0.29, 0.717) is 5.41 Å². The van der Waals surface area contributed by atoms with Crippen LogP contribution in [0.1, 0.15) is 43.5 Å². The van der Waals surface area contributed by atoms with Crippen LogP contribution < -0.4 is 5.32 Å². The Bertz CT molecular complexity index is 469. The molecule has 2 saturated heterocycles. The molecule has 1 aromatic heterocycles. The molecule has 5 heteroatoms. The fourth-order valence-corrected chi connectivity index (χ4v) is 4.29. The molecule has 21 heavy (non-hydrogen) atoms. The lowest BCUT2D eigenvalue weighted by molar-refractivity contribution is 0.0208. The highest BCUT2D eigenvalue weighted by molar-refractivity contribution is 7.10. The Labute approximate surface area is 130 Å². The first-order chi connectivity index (χ1) is 10.2. The van der Waals surface area contributed by atoms with Crippen molar-refractivity contribution in [2.24, 2.45) is 5.41 Å². The summed E-state index contributed by atoms with van der Waals surface area (Å²) >= 11 is 1.71. The summed E-state index contributed by atoms with van der Waals surface area (Å²) in [4.78, 5) is 15.8. The van der Waals surface area contributed by atoms with Crippen molar-refractivity contribution in [2.75, 3.05) is 26.3 Å². The first kappa shape index (κ1) is 14.9. The van der Waals surface area contributed by atoms with E-state index in [1.54, 1.807) is 11.3 Å². The quantitative estimate of drug-likeness (QED) is 0.929. The average molecular weight is 308 g/mol. The summed E-state index contributed by atoms with van der Waals surface area (Å²) < 4.78 is 5.47. The number of nitrogens with one attached hydrogen (secondary N) is 1. The van der Waals surface area contributed by atoms with Crippen LogP contribution in [-0.2, 0) is 4.74 Å². The largest absolute Gasteiger partial charge is 0.381 e. The minimum Gasteiger partial charge on any atom is -0.381 e. The van der Waals surface area contributed by atoms with Gasteiger partial charge in [-0.15, -0.1) is 11.3 Å². The van der Waals surface area contributed by atoms with Gasteiger partial charge in [0, 0.05) is 31.2 Å². The normalized spacial score (nSPS) is 22.4. The third kappa shape index (κ3) is 3.24. The number of hydrogen-bond donors (Lipinski definition) is 1. The zero-order valence-electron chi connectivity index (χ0n) is 12.6. The first-order valence-electron chi connectivity index (χ1n) is 7.89. The van der Waals surface area contributed by atoms with Crippen LogP contribution in [0.4, 0.5) is 4.79 Å². The van der Waals surface area contributed by atoms with Gasteiger partial charge in [0.1, 0.15) is 0 Å². The maximum Gasteiger partial charge on any atom is 0.317 e. The Morgan fingerprint density at radius 3 is 2.95 bits per heavy atom. The lowest BCUT2D eigenvalue weighted by atomic mass is 9.80. The van der Waals surface area contributed by atoms with Crippen molar-refractivity contribution < 1.29 is 9.53 Å². The monoisotopic (exact) mass is 308 g/mol. The zero-order chi connectivity index (χ0) is 14.7.